The fourth-order valence-electron chi connectivity index (χ4n) is 3.42. The van der Waals surface area contributed by atoms with E-state index in [2.05, 4.69) is 26.4 Å². The van der Waals surface area contributed by atoms with Gasteiger partial charge in [0.1, 0.15) is 5.65 Å². The fraction of sp³-hybridized carbons (Fsp3) is 0.529. The number of hydrogen-bond acceptors (Lipinski definition) is 5. The largest absolute Gasteiger partial charge is 0.368 e. The summed E-state index contributed by atoms with van der Waals surface area (Å²) in [6.45, 7) is 1.83. The lowest BCUT2D eigenvalue weighted by Crippen LogP contribution is -2.43. The summed E-state index contributed by atoms with van der Waals surface area (Å²) in [6, 6.07) is 0.195. The predicted octanol–water partition coefficient (Wildman–Crippen LogP) is 2.56. The van der Waals surface area contributed by atoms with Gasteiger partial charge in [-0.3, -0.25) is 4.79 Å². The number of piperidine rings is 1. The number of carbonyl (C=O) groups excluding carboxylic acids is 1. The van der Waals surface area contributed by atoms with Crippen molar-refractivity contribution in [2.24, 2.45) is 11.7 Å². The van der Waals surface area contributed by atoms with Crippen molar-refractivity contribution >= 4 is 40.1 Å². The Bertz CT molecular complexity index is 770. The van der Waals surface area contributed by atoms with Crippen LogP contribution in [0.2, 0.25) is 0 Å². The van der Waals surface area contributed by atoms with Gasteiger partial charge in [0, 0.05) is 42.3 Å². The van der Waals surface area contributed by atoms with Crippen LogP contribution < -0.4 is 16.0 Å². The van der Waals surface area contributed by atoms with Crippen LogP contribution in [-0.2, 0) is 4.79 Å². The highest BCUT2D eigenvalue weighted by molar-refractivity contribution is 7.98. The molecule has 128 valence electrons. The van der Waals surface area contributed by atoms with E-state index in [9.17, 15) is 4.79 Å². The molecule has 4 rings (SSSR count). The lowest BCUT2D eigenvalue weighted by atomic mass is 10.1. The van der Waals surface area contributed by atoms with Crippen LogP contribution in [0.5, 0.6) is 0 Å². The molecule has 1 atom stereocenters. The van der Waals surface area contributed by atoms with Gasteiger partial charge < -0.3 is 20.9 Å². The molecule has 0 spiro atoms. The number of pyridine rings is 1. The van der Waals surface area contributed by atoms with Gasteiger partial charge in [-0.15, -0.1) is 11.8 Å². The van der Waals surface area contributed by atoms with Crippen LogP contribution in [0.15, 0.2) is 17.3 Å². The normalized spacial score (nSPS) is 21.2. The standard InChI is InChI=1S/C17H23N5OS/c1-24-13-8-20-16-14(15(13)22-6-2-3-11(18)9-22)12(7-19-16)21-17(23)10-4-5-10/h7-8,10-11H,2-6,9,18H2,1H3,(H,19,20)(H,21,23)/t11-/m1/s1. The molecular weight excluding hydrogens is 322 g/mol. The minimum Gasteiger partial charge on any atom is -0.368 e. The van der Waals surface area contributed by atoms with Crippen molar-refractivity contribution in [1.82, 2.24) is 9.97 Å². The molecule has 2 aliphatic rings. The molecule has 1 amide bonds. The van der Waals surface area contributed by atoms with Crippen LogP contribution in [0.25, 0.3) is 11.0 Å². The Morgan fingerprint density at radius 3 is 3.00 bits per heavy atom. The number of hydrogen-bond donors (Lipinski definition) is 3. The van der Waals surface area contributed by atoms with Gasteiger partial charge in [0.05, 0.1) is 16.8 Å². The summed E-state index contributed by atoms with van der Waals surface area (Å²) in [7, 11) is 0. The molecule has 1 saturated carbocycles. The minimum absolute atomic E-state index is 0.117. The van der Waals surface area contributed by atoms with Gasteiger partial charge >= 0.3 is 0 Å². The average Bonchev–Trinajstić information content (AvgIpc) is 3.36. The Morgan fingerprint density at radius 2 is 2.29 bits per heavy atom. The first-order valence-electron chi connectivity index (χ1n) is 8.53. The van der Waals surface area contributed by atoms with E-state index in [1.54, 1.807) is 11.8 Å². The number of carbonyl (C=O) groups is 1. The molecular formula is C17H23N5OS. The molecule has 0 bridgehead atoms. The summed E-state index contributed by atoms with van der Waals surface area (Å²) in [4.78, 5) is 23.4. The van der Waals surface area contributed by atoms with Crippen molar-refractivity contribution in [2.45, 2.75) is 36.6 Å². The van der Waals surface area contributed by atoms with Crippen molar-refractivity contribution in [3.8, 4) is 0 Å². The van der Waals surface area contributed by atoms with Crippen LogP contribution in [-0.4, -0.2) is 41.3 Å². The van der Waals surface area contributed by atoms with Crippen LogP contribution in [0.3, 0.4) is 0 Å². The quantitative estimate of drug-likeness (QED) is 0.741. The molecule has 0 aromatic carbocycles. The third kappa shape index (κ3) is 2.86. The number of aromatic amines is 1. The number of nitrogens with zero attached hydrogens (tertiary/aromatic N) is 2. The van der Waals surface area contributed by atoms with Gasteiger partial charge in [-0.1, -0.05) is 0 Å². The number of H-pyrrole nitrogens is 1. The summed E-state index contributed by atoms with van der Waals surface area (Å²) in [6.07, 6.45) is 9.98. The van der Waals surface area contributed by atoms with Crippen LogP contribution in [0.4, 0.5) is 11.4 Å². The van der Waals surface area contributed by atoms with Crippen molar-refractivity contribution in [3.05, 3.63) is 12.4 Å². The van der Waals surface area contributed by atoms with E-state index < -0.39 is 0 Å². The van der Waals surface area contributed by atoms with E-state index >= 15 is 0 Å². The van der Waals surface area contributed by atoms with Crippen LogP contribution in [0.1, 0.15) is 25.7 Å². The fourth-order valence-corrected chi connectivity index (χ4v) is 4.00. The Labute approximate surface area is 145 Å². The zero-order valence-corrected chi connectivity index (χ0v) is 14.7. The Kier molecular flexibility index (Phi) is 4.14. The molecule has 6 nitrogen and oxygen atoms in total. The van der Waals surface area contributed by atoms with E-state index in [4.69, 9.17) is 5.73 Å². The van der Waals surface area contributed by atoms with Gasteiger partial charge in [-0.05, 0) is 31.9 Å². The SMILES string of the molecule is CSc1cnc2[nH]cc(NC(=O)C3CC3)c2c1N1CCC[C@@H](N)C1. The van der Waals surface area contributed by atoms with Gasteiger partial charge in [0.25, 0.3) is 0 Å². The van der Waals surface area contributed by atoms with Crippen molar-refractivity contribution in [2.75, 3.05) is 29.6 Å². The number of fused-ring (bicyclic) bond motifs is 1. The molecule has 2 aromatic heterocycles. The molecule has 4 N–H and O–H groups in total. The third-order valence-electron chi connectivity index (χ3n) is 4.84. The van der Waals surface area contributed by atoms with Gasteiger partial charge in [0.2, 0.25) is 5.91 Å². The van der Waals surface area contributed by atoms with Gasteiger partial charge in [-0.2, -0.15) is 0 Å². The maximum Gasteiger partial charge on any atom is 0.227 e. The highest BCUT2D eigenvalue weighted by Gasteiger charge is 2.31. The number of thioether (sulfide) groups is 1. The molecule has 0 radical (unpaired) electrons. The number of aromatic nitrogens is 2. The molecule has 1 aliphatic heterocycles. The molecule has 2 fully saturated rings. The van der Waals surface area contributed by atoms with E-state index in [0.717, 1.165) is 66.1 Å². The van der Waals surface area contributed by atoms with E-state index in [0.29, 0.717) is 0 Å². The second-order valence-electron chi connectivity index (χ2n) is 6.71. The van der Waals surface area contributed by atoms with E-state index in [1.807, 2.05) is 12.4 Å². The second-order valence-corrected chi connectivity index (χ2v) is 7.56. The van der Waals surface area contributed by atoms with Crippen LogP contribution in [0, 0.1) is 5.92 Å². The van der Waals surface area contributed by atoms with E-state index in [1.165, 1.54) is 0 Å². The van der Waals surface area contributed by atoms with Gasteiger partial charge in [-0.25, -0.2) is 4.98 Å². The lowest BCUT2D eigenvalue weighted by molar-refractivity contribution is -0.117. The highest BCUT2D eigenvalue weighted by atomic mass is 32.2. The highest BCUT2D eigenvalue weighted by Crippen LogP contribution is 2.40. The van der Waals surface area contributed by atoms with Gasteiger partial charge in [0.15, 0.2) is 0 Å². The summed E-state index contributed by atoms with van der Waals surface area (Å²) in [5.41, 5.74) is 8.99. The zero-order chi connectivity index (χ0) is 16.7. The Balaban J connectivity index is 1.78. The zero-order valence-electron chi connectivity index (χ0n) is 13.8. The summed E-state index contributed by atoms with van der Waals surface area (Å²) < 4.78 is 0. The van der Waals surface area contributed by atoms with Crippen molar-refractivity contribution in [1.29, 1.82) is 0 Å². The average molecular weight is 345 g/mol. The third-order valence-corrected chi connectivity index (χ3v) is 5.58. The van der Waals surface area contributed by atoms with Crippen molar-refractivity contribution in [3.63, 3.8) is 0 Å². The second kappa shape index (κ2) is 6.29. The number of nitrogens with two attached hydrogens (primary N) is 1. The summed E-state index contributed by atoms with van der Waals surface area (Å²) in [5, 5.41) is 4.10. The van der Waals surface area contributed by atoms with Crippen LogP contribution >= 0.6 is 11.8 Å². The van der Waals surface area contributed by atoms with E-state index in [-0.39, 0.29) is 17.9 Å². The first-order valence-corrected chi connectivity index (χ1v) is 9.75. The smallest absolute Gasteiger partial charge is 0.227 e. The topological polar surface area (TPSA) is 87.0 Å². The number of amides is 1. The first kappa shape index (κ1) is 15.8. The molecule has 0 unspecified atom stereocenters. The molecule has 24 heavy (non-hydrogen) atoms. The Morgan fingerprint density at radius 1 is 1.46 bits per heavy atom. The molecule has 1 aliphatic carbocycles. The predicted molar refractivity (Wildman–Crippen MR) is 98.7 cm³/mol. The van der Waals surface area contributed by atoms with Crippen molar-refractivity contribution < 1.29 is 4.79 Å². The molecule has 3 heterocycles. The monoisotopic (exact) mass is 345 g/mol. The molecule has 1 saturated heterocycles. The maximum absolute atomic E-state index is 12.2. The summed E-state index contributed by atoms with van der Waals surface area (Å²) in [5.74, 6) is 0.297. The summed E-state index contributed by atoms with van der Waals surface area (Å²) >= 11 is 1.68. The maximum atomic E-state index is 12.2. The number of rotatable bonds is 4. The minimum atomic E-state index is 0.117. The number of anilines is 2. The molecule has 7 heteroatoms. The number of nitrogens with one attached hydrogen (secondary N) is 2. The lowest BCUT2D eigenvalue weighted by Gasteiger charge is -2.34. The first-order chi connectivity index (χ1) is 11.7. The Hall–Kier alpha value is -1.73. The molecule has 2 aromatic rings.